The Morgan fingerprint density at radius 2 is 1.69 bits per heavy atom. The molecule has 7 heteroatoms. The molecular weight excluding hydrogens is 428 g/mol. The van der Waals surface area contributed by atoms with Crippen LogP contribution in [0.25, 0.3) is 0 Å². The Bertz CT molecular complexity index is 1050. The molecule has 32 heavy (non-hydrogen) atoms. The van der Waals surface area contributed by atoms with Crippen LogP contribution < -0.4 is 19.6 Å². The summed E-state index contributed by atoms with van der Waals surface area (Å²) >= 11 is 5.90. The zero-order valence-corrected chi connectivity index (χ0v) is 18.8. The van der Waals surface area contributed by atoms with Gasteiger partial charge in [-0.1, -0.05) is 42.8 Å². The standard InChI is InChI=1S/C25H25ClN2O4/c1-3-18-6-11-22(12-7-18)31-17-25(29)28-27-15-20-8-13-23(24(14-20)30-2)32-16-19-4-9-21(26)10-5-19/h4-15H,3,16-17H2,1-2H3,(H,28,29)/b27-15-. The summed E-state index contributed by atoms with van der Waals surface area (Å²) in [5.74, 6) is 1.45. The van der Waals surface area contributed by atoms with Crippen molar-refractivity contribution < 1.29 is 19.0 Å². The number of halogens is 1. The third kappa shape index (κ3) is 7.03. The molecule has 3 aromatic rings. The lowest BCUT2D eigenvalue weighted by atomic mass is 10.2. The second kappa shape index (κ2) is 11.8. The van der Waals surface area contributed by atoms with E-state index >= 15 is 0 Å². The molecule has 0 aliphatic rings. The molecule has 0 aromatic heterocycles. The van der Waals surface area contributed by atoms with Crippen LogP contribution in [0.15, 0.2) is 71.8 Å². The Labute approximate surface area is 192 Å². The van der Waals surface area contributed by atoms with Gasteiger partial charge in [-0.2, -0.15) is 5.10 Å². The van der Waals surface area contributed by atoms with Gasteiger partial charge in [-0.05, 0) is 65.6 Å². The van der Waals surface area contributed by atoms with E-state index in [0.717, 1.165) is 17.5 Å². The number of carbonyl (C=O) groups excluding carboxylic acids is 1. The smallest absolute Gasteiger partial charge is 0.277 e. The predicted octanol–water partition coefficient (Wildman–Crippen LogP) is 5.02. The Hall–Kier alpha value is -3.51. The van der Waals surface area contributed by atoms with Crippen LogP contribution in [0.5, 0.6) is 17.2 Å². The summed E-state index contributed by atoms with van der Waals surface area (Å²) in [6.07, 6.45) is 2.48. The van der Waals surface area contributed by atoms with E-state index in [1.807, 2.05) is 54.6 Å². The van der Waals surface area contributed by atoms with Crippen molar-refractivity contribution in [1.82, 2.24) is 5.43 Å². The zero-order valence-electron chi connectivity index (χ0n) is 18.0. The number of aryl methyl sites for hydroxylation is 1. The summed E-state index contributed by atoms with van der Waals surface area (Å²) in [5, 5.41) is 4.65. The van der Waals surface area contributed by atoms with Crippen molar-refractivity contribution in [3.63, 3.8) is 0 Å². The molecule has 1 amide bonds. The average Bonchev–Trinajstić information content (AvgIpc) is 2.83. The molecule has 0 heterocycles. The van der Waals surface area contributed by atoms with Crippen LogP contribution in [0, 0.1) is 0 Å². The first kappa shape index (κ1) is 23.2. The molecule has 0 radical (unpaired) electrons. The van der Waals surface area contributed by atoms with Crippen molar-refractivity contribution in [3.8, 4) is 17.2 Å². The average molecular weight is 453 g/mol. The molecule has 3 rings (SSSR count). The molecule has 0 unspecified atom stereocenters. The minimum Gasteiger partial charge on any atom is -0.493 e. The van der Waals surface area contributed by atoms with Crippen molar-refractivity contribution >= 4 is 23.7 Å². The van der Waals surface area contributed by atoms with E-state index in [1.54, 1.807) is 19.2 Å². The lowest BCUT2D eigenvalue weighted by Crippen LogP contribution is -2.24. The first-order valence-corrected chi connectivity index (χ1v) is 10.5. The molecule has 0 saturated heterocycles. The van der Waals surface area contributed by atoms with E-state index in [4.69, 9.17) is 25.8 Å². The fourth-order valence-electron chi connectivity index (χ4n) is 2.81. The van der Waals surface area contributed by atoms with Gasteiger partial charge in [0.05, 0.1) is 13.3 Å². The van der Waals surface area contributed by atoms with E-state index < -0.39 is 0 Å². The summed E-state index contributed by atoms with van der Waals surface area (Å²) in [7, 11) is 1.57. The van der Waals surface area contributed by atoms with E-state index in [0.29, 0.717) is 28.9 Å². The van der Waals surface area contributed by atoms with Gasteiger partial charge in [-0.3, -0.25) is 4.79 Å². The highest BCUT2D eigenvalue weighted by Crippen LogP contribution is 2.28. The van der Waals surface area contributed by atoms with E-state index in [2.05, 4.69) is 17.5 Å². The number of hydrogen-bond donors (Lipinski definition) is 1. The van der Waals surface area contributed by atoms with Crippen molar-refractivity contribution in [3.05, 3.63) is 88.4 Å². The monoisotopic (exact) mass is 452 g/mol. The fraction of sp³-hybridized carbons (Fsp3) is 0.200. The minimum absolute atomic E-state index is 0.121. The van der Waals surface area contributed by atoms with Gasteiger partial charge in [0, 0.05) is 5.02 Å². The highest BCUT2D eigenvalue weighted by Gasteiger charge is 2.06. The van der Waals surface area contributed by atoms with E-state index in [1.165, 1.54) is 11.8 Å². The largest absolute Gasteiger partial charge is 0.493 e. The molecule has 1 N–H and O–H groups in total. The van der Waals surface area contributed by atoms with Gasteiger partial charge in [0.25, 0.3) is 5.91 Å². The highest BCUT2D eigenvalue weighted by molar-refractivity contribution is 6.30. The van der Waals surface area contributed by atoms with Crippen LogP contribution in [-0.2, 0) is 17.8 Å². The Balaban J connectivity index is 1.50. The summed E-state index contributed by atoms with van der Waals surface area (Å²) in [5.41, 5.74) is 5.40. The summed E-state index contributed by atoms with van der Waals surface area (Å²) in [6, 6.07) is 20.5. The second-order valence-corrected chi connectivity index (χ2v) is 7.34. The van der Waals surface area contributed by atoms with Crippen molar-refractivity contribution in [2.75, 3.05) is 13.7 Å². The molecular formula is C25H25ClN2O4. The Morgan fingerprint density at radius 1 is 0.969 bits per heavy atom. The van der Waals surface area contributed by atoms with E-state index in [-0.39, 0.29) is 12.5 Å². The zero-order chi connectivity index (χ0) is 22.8. The molecule has 0 spiro atoms. The van der Waals surface area contributed by atoms with Gasteiger partial charge in [0.1, 0.15) is 12.4 Å². The lowest BCUT2D eigenvalue weighted by molar-refractivity contribution is -0.123. The Kier molecular flexibility index (Phi) is 8.52. The number of methoxy groups -OCH3 is 1. The number of amides is 1. The lowest BCUT2D eigenvalue weighted by Gasteiger charge is -2.11. The van der Waals surface area contributed by atoms with Crippen molar-refractivity contribution in [1.29, 1.82) is 0 Å². The van der Waals surface area contributed by atoms with Crippen LogP contribution in [0.2, 0.25) is 5.02 Å². The number of nitrogens with zero attached hydrogens (tertiary/aromatic N) is 1. The maximum absolute atomic E-state index is 11.9. The topological polar surface area (TPSA) is 69.2 Å². The molecule has 0 bridgehead atoms. The fourth-order valence-corrected chi connectivity index (χ4v) is 2.93. The molecule has 0 atom stereocenters. The third-order valence-corrected chi connectivity index (χ3v) is 4.85. The molecule has 0 aliphatic carbocycles. The maximum Gasteiger partial charge on any atom is 0.277 e. The summed E-state index contributed by atoms with van der Waals surface area (Å²) < 4.78 is 16.7. The van der Waals surface area contributed by atoms with Crippen molar-refractivity contribution in [2.24, 2.45) is 5.10 Å². The van der Waals surface area contributed by atoms with Gasteiger partial charge in [-0.25, -0.2) is 5.43 Å². The van der Waals surface area contributed by atoms with Gasteiger partial charge < -0.3 is 14.2 Å². The highest BCUT2D eigenvalue weighted by atomic mass is 35.5. The van der Waals surface area contributed by atoms with Gasteiger partial charge in [0.2, 0.25) is 0 Å². The SMILES string of the molecule is CCc1ccc(OCC(=O)N/N=C\c2ccc(OCc3ccc(Cl)cc3)c(OC)c2)cc1. The van der Waals surface area contributed by atoms with Crippen LogP contribution in [0.4, 0.5) is 0 Å². The minimum atomic E-state index is -0.351. The number of carbonyl (C=O) groups is 1. The molecule has 0 saturated carbocycles. The van der Waals surface area contributed by atoms with Crippen LogP contribution in [-0.4, -0.2) is 25.8 Å². The van der Waals surface area contributed by atoms with Crippen LogP contribution >= 0.6 is 11.6 Å². The third-order valence-electron chi connectivity index (χ3n) is 4.60. The number of nitrogens with one attached hydrogen (secondary N) is 1. The summed E-state index contributed by atoms with van der Waals surface area (Å²) in [6.45, 7) is 2.35. The van der Waals surface area contributed by atoms with Gasteiger partial charge in [-0.15, -0.1) is 0 Å². The quantitative estimate of drug-likeness (QED) is 0.346. The molecule has 6 nitrogen and oxygen atoms in total. The number of rotatable bonds is 10. The first-order valence-electron chi connectivity index (χ1n) is 10.2. The van der Waals surface area contributed by atoms with Crippen molar-refractivity contribution in [2.45, 2.75) is 20.0 Å². The number of hydrazone groups is 1. The molecule has 166 valence electrons. The van der Waals surface area contributed by atoms with Crippen LogP contribution in [0.3, 0.4) is 0 Å². The van der Waals surface area contributed by atoms with E-state index in [9.17, 15) is 4.79 Å². The van der Waals surface area contributed by atoms with Gasteiger partial charge in [0.15, 0.2) is 18.1 Å². The normalized spacial score (nSPS) is 10.7. The second-order valence-electron chi connectivity index (χ2n) is 6.90. The maximum atomic E-state index is 11.9. The number of hydrogen-bond acceptors (Lipinski definition) is 5. The molecule has 0 fully saturated rings. The number of ether oxygens (including phenoxy) is 3. The van der Waals surface area contributed by atoms with Gasteiger partial charge >= 0.3 is 0 Å². The summed E-state index contributed by atoms with van der Waals surface area (Å²) in [4.78, 5) is 11.9. The predicted molar refractivity (Wildman–Crippen MR) is 126 cm³/mol. The van der Waals surface area contributed by atoms with Crippen LogP contribution in [0.1, 0.15) is 23.6 Å². The molecule has 0 aliphatic heterocycles. The first-order chi connectivity index (χ1) is 15.6. The Morgan fingerprint density at radius 3 is 2.38 bits per heavy atom. The molecule has 3 aromatic carbocycles. The number of benzene rings is 3.